The summed E-state index contributed by atoms with van der Waals surface area (Å²) in [5.41, 5.74) is 1.47. The number of carbonyl (C=O) groups is 2. The zero-order valence-corrected chi connectivity index (χ0v) is 19.7. The Hall–Kier alpha value is -3.07. The smallest absolute Gasteiger partial charge is 0.408 e. The van der Waals surface area contributed by atoms with E-state index in [0.29, 0.717) is 65.9 Å². The van der Waals surface area contributed by atoms with Gasteiger partial charge in [-0.15, -0.1) is 0 Å². The number of benzene rings is 2. The fourth-order valence-corrected chi connectivity index (χ4v) is 4.63. The van der Waals surface area contributed by atoms with Gasteiger partial charge in [0.25, 0.3) is 0 Å². The van der Waals surface area contributed by atoms with Crippen molar-refractivity contribution in [3.63, 3.8) is 0 Å². The van der Waals surface area contributed by atoms with Gasteiger partial charge in [-0.05, 0) is 30.3 Å². The van der Waals surface area contributed by atoms with Gasteiger partial charge in [0.15, 0.2) is 11.4 Å². The molecule has 176 valence electrons. The molecule has 1 fully saturated rings. The monoisotopic (exact) mass is 500 g/mol. The number of hydrogen-bond acceptors (Lipinski definition) is 5. The first-order chi connectivity index (χ1) is 16.4. The van der Waals surface area contributed by atoms with E-state index in [0.717, 1.165) is 10.8 Å². The number of H-pyrrole nitrogens is 1. The normalized spacial score (nSPS) is 14.8. The SMILES string of the molecule is O=C(CCN1CCN(C(=O)Cn2cc3cc(Cl)c(Cl)cc3c2)CC1)c1ccc2[nH]c(=O)oc2c1. The second-order valence-corrected chi connectivity index (χ2v) is 9.26. The molecule has 2 aromatic heterocycles. The second kappa shape index (κ2) is 9.29. The predicted octanol–water partition coefficient (Wildman–Crippen LogP) is 3.80. The lowest BCUT2D eigenvalue weighted by Gasteiger charge is -2.34. The van der Waals surface area contributed by atoms with Gasteiger partial charge < -0.3 is 13.9 Å². The molecule has 8 nitrogen and oxygen atoms in total. The molecule has 34 heavy (non-hydrogen) atoms. The maximum absolute atomic E-state index is 12.8. The van der Waals surface area contributed by atoms with Crippen molar-refractivity contribution < 1.29 is 14.0 Å². The van der Waals surface area contributed by atoms with Crippen LogP contribution < -0.4 is 5.76 Å². The Morgan fingerprint density at radius 1 is 0.971 bits per heavy atom. The van der Waals surface area contributed by atoms with E-state index >= 15 is 0 Å². The van der Waals surface area contributed by atoms with Crippen molar-refractivity contribution in [1.29, 1.82) is 0 Å². The topological polar surface area (TPSA) is 91.5 Å². The summed E-state index contributed by atoms with van der Waals surface area (Å²) in [6.45, 7) is 3.52. The van der Waals surface area contributed by atoms with Crippen LogP contribution in [0, 0.1) is 0 Å². The summed E-state index contributed by atoms with van der Waals surface area (Å²) >= 11 is 12.2. The number of nitrogens with zero attached hydrogens (tertiary/aromatic N) is 3. The number of piperazine rings is 1. The van der Waals surface area contributed by atoms with Crippen molar-refractivity contribution in [1.82, 2.24) is 19.4 Å². The third-order valence-corrected chi connectivity index (χ3v) is 6.90. The summed E-state index contributed by atoms with van der Waals surface area (Å²) in [7, 11) is 0. The highest BCUT2D eigenvalue weighted by atomic mass is 35.5. The fourth-order valence-electron chi connectivity index (χ4n) is 4.29. The van der Waals surface area contributed by atoms with E-state index in [1.165, 1.54) is 0 Å². The summed E-state index contributed by atoms with van der Waals surface area (Å²) in [4.78, 5) is 43.3. The molecule has 1 N–H and O–H groups in total. The molecule has 3 heterocycles. The minimum Gasteiger partial charge on any atom is -0.408 e. The third kappa shape index (κ3) is 4.75. The van der Waals surface area contributed by atoms with E-state index in [9.17, 15) is 14.4 Å². The Bertz CT molecular complexity index is 1410. The number of hydrogen-bond donors (Lipinski definition) is 1. The maximum Gasteiger partial charge on any atom is 0.417 e. The minimum atomic E-state index is -0.536. The molecule has 0 aliphatic carbocycles. The van der Waals surface area contributed by atoms with E-state index in [4.69, 9.17) is 27.6 Å². The number of rotatable bonds is 6. The zero-order valence-electron chi connectivity index (χ0n) is 18.2. The van der Waals surface area contributed by atoms with Gasteiger partial charge >= 0.3 is 5.76 Å². The average Bonchev–Trinajstić information content (AvgIpc) is 3.38. The van der Waals surface area contributed by atoms with Crippen LogP contribution in [0.1, 0.15) is 16.8 Å². The van der Waals surface area contributed by atoms with E-state index in [1.807, 2.05) is 21.9 Å². The van der Waals surface area contributed by atoms with E-state index in [2.05, 4.69) is 9.88 Å². The van der Waals surface area contributed by atoms with Crippen molar-refractivity contribution >= 4 is 56.8 Å². The van der Waals surface area contributed by atoms with Crippen molar-refractivity contribution in [2.75, 3.05) is 32.7 Å². The fraction of sp³-hybridized carbons (Fsp3) is 0.292. The van der Waals surface area contributed by atoms with Gasteiger partial charge in [0.05, 0.1) is 15.6 Å². The molecule has 10 heteroatoms. The number of amides is 1. The molecule has 4 aromatic rings. The van der Waals surface area contributed by atoms with Crippen LogP contribution in [0.4, 0.5) is 0 Å². The molecule has 0 spiro atoms. The van der Waals surface area contributed by atoms with Crippen LogP contribution in [0.2, 0.25) is 10.0 Å². The van der Waals surface area contributed by atoms with Crippen LogP contribution in [-0.2, 0) is 11.3 Å². The average molecular weight is 501 g/mol. The summed E-state index contributed by atoms with van der Waals surface area (Å²) in [5.74, 6) is -0.496. The number of nitrogens with one attached hydrogen (secondary N) is 1. The maximum atomic E-state index is 12.8. The molecular formula is C24H22Cl2N4O4. The highest BCUT2D eigenvalue weighted by molar-refractivity contribution is 6.42. The molecule has 2 aromatic carbocycles. The van der Waals surface area contributed by atoms with Crippen LogP contribution in [-0.4, -0.2) is 63.8 Å². The Morgan fingerprint density at radius 2 is 1.65 bits per heavy atom. The molecule has 0 atom stereocenters. The van der Waals surface area contributed by atoms with Gasteiger partial charge in [0, 0.05) is 67.9 Å². The molecule has 0 unspecified atom stereocenters. The van der Waals surface area contributed by atoms with Crippen LogP contribution in [0.5, 0.6) is 0 Å². The molecule has 1 amide bonds. The molecular weight excluding hydrogens is 479 g/mol. The number of aromatic nitrogens is 2. The van der Waals surface area contributed by atoms with Crippen LogP contribution >= 0.6 is 23.2 Å². The van der Waals surface area contributed by atoms with E-state index in [-0.39, 0.29) is 18.2 Å². The number of halogens is 2. The van der Waals surface area contributed by atoms with Crippen LogP contribution in [0.25, 0.3) is 21.9 Å². The summed E-state index contributed by atoms with van der Waals surface area (Å²) in [6, 6.07) is 8.56. The Kier molecular flexibility index (Phi) is 6.20. The van der Waals surface area contributed by atoms with Gasteiger partial charge in [0.1, 0.15) is 6.54 Å². The first-order valence-electron chi connectivity index (χ1n) is 11.0. The molecule has 5 rings (SSSR count). The van der Waals surface area contributed by atoms with Gasteiger partial charge in [-0.25, -0.2) is 4.79 Å². The number of carbonyl (C=O) groups excluding carboxylic acids is 2. The van der Waals surface area contributed by atoms with Gasteiger partial charge in [0.2, 0.25) is 5.91 Å². The van der Waals surface area contributed by atoms with Crippen molar-refractivity contribution in [3.8, 4) is 0 Å². The Balaban J connectivity index is 1.12. The lowest BCUT2D eigenvalue weighted by atomic mass is 10.1. The number of ketones is 1. The first kappa shape index (κ1) is 22.7. The summed E-state index contributed by atoms with van der Waals surface area (Å²) < 4.78 is 6.89. The zero-order chi connectivity index (χ0) is 23.8. The number of oxazole rings is 1. The lowest BCUT2D eigenvalue weighted by Crippen LogP contribution is -2.49. The van der Waals surface area contributed by atoms with Gasteiger partial charge in [-0.3, -0.25) is 19.5 Å². The third-order valence-electron chi connectivity index (χ3n) is 6.18. The van der Waals surface area contributed by atoms with Crippen LogP contribution in [0.15, 0.2) is 51.9 Å². The number of aromatic amines is 1. The van der Waals surface area contributed by atoms with Crippen molar-refractivity contribution in [2.45, 2.75) is 13.0 Å². The molecule has 1 aliphatic heterocycles. The quantitative estimate of drug-likeness (QED) is 0.406. The highest BCUT2D eigenvalue weighted by Crippen LogP contribution is 2.28. The van der Waals surface area contributed by atoms with Crippen LogP contribution in [0.3, 0.4) is 0 Å². The number of fused-ring (bicyclic) bond motifs is 2. The van der Waals surface area contributed by atoms with E-state index < -0.39 is 5.76 Å². The largest absolute Gasteiger partial charge is 0.417 e. The molecule has 0 saturated carbocycles. The van der Waals surface area contributed by atoms with Crippen molar-refractivity contribution in [2.24, 2.45) is 0 Å². The summed E-state index contributed by atoms with van der Waals surface area (Å²) in [6.07, 6.45) is 4.15. The molecule has 0 bridgehead atoms. The Morgan fingerprint density at radius 3 is 2.32 bits per heavy atom. The first-order valence-corrected chi connectivity index (χ1v) is 11.7. The predicted molar refractivity (Wildman–Crippen MR) is 131 cm³/mol. The molecule has 1 aliphatic rings. The second-order valence-electron chi connectivity index (χ2n) is 8.45. The Labute approximate surface area is 204 Å². The standard InChI is InChI=1S/C24H22Cl2N4O4/c25-18-9-16-12-29(13-17(16)10-19(18)26)14-23(32)30-7-5-28(6-8-30)4-3-21(31)15-1-2-20-22(11-15)34-24(33)27-20/h1-2,9-13H,3-8,14H2,(H,27,33). The van der Waals surface area contributed by atoms with Crippen molar-refractivity contribution in [3.05, 3.63) is 68.9 Å². The molecule has 1 saturated heterocycles. The summed E-state index contributed by atoms with van der Waals surface area (Å²) in [5, 5.41) is 2.86. The van der Waals surface area contributed by atoms with E-state index in [1.54, 1.807) is 30.3 Å². The lowest BCUT2D eigenvalue weighted by molar-refractivity contribution is -0.133. The highest BCUT2D eigenvalue weighted by Gasteiger charge is 2.22. The molecule has 0 radical (unpaired) electrons. The number of Topliss-reactive ketones (excluding diaryl/α,β-unsaturated/α-hetero) is 1. The van der Waals surface area contributed by atoms with Gasteiger partial charge in [-0.1, -0.05) is 23.2 Å². The minimum absolute atomic E-state index is 0.0101. The van der Waals surface area contributed by atoms with Gasteiger partial charge in [-0.2, -0.15) is 0 Å².